The number of hydrogen-bond donors (Lipinski definition) is 0. The highest BCUT2D eigenvalue weighted by Crippen LogP contribution is 2.28. The zero-order valence-electron chi connectivity index (χ0n) is 10.3. The van der Waals surface area contributed by atoms with Gasteiger partial charge >= 0.3 is 0 Å². The molecule has 90 valence electrons. The number of ether oxygens (including phenoxy) is 2. The lowest BCUT2D eigenvalue weighted by atomic mass is 10.2. The van der Waals surface area contributed by atoms with Crippen molar-refractivity contribution < 1.29 is 9.47 Å². The Labute approximate surface area is 101 Å². The largest absolute Gasteiger partial charge is 0.493 e. The minimum Gasteiger partial charge on any atom is -0.493 e. The molecule has 4 heteroatoms. The van der Waals surface area contributed by atoms with Gasteiger partial charge in [0.25, 0.3) is 0 Å². The molecule has 0 saturated carbocycles. The second-order valence-corrected chi connectivity index (χ2v) is 3.69. The normalized spacial score (nSPS) is 10.3. The van der Waals surface area contributed by atoms with E-state index in [0.29, 0.717) is 5.75 Å². The monoisotopic (exact) mass is 232 g/mol. The van der Waals surface area contributed by atoms with E-state index in [1.807, 2.05) is 35.3 Å². The molecule has 1 aromatic carbocycles. The van der Waals surface area contributed by atoms with Crippen molar-refractivity contribution >= 4 is 0 Å². The van der Waals surface area contributed by atoms with Crippen molar-refractivity contribution in [2.75, 3.05) is 14.2 Å². The Kier molecular flexibility index (Phi) is 3.32. The molecule has 0 saturated heterocycles. The van der Waals surface area contributed by atoms with Gasteiger partial charge in [0, 0.05) is 12.3 Å². The minimum absolute atomic E-state index is 0.707. The van der Waals surface area contributed by atoms with Gasteiger partial charge in [0.05, 0.1) is 26.1 Å². The summed E-state index contributed by atoms with van der Waals surface area (Å²) >= 11 is 0. The van der Waals surface area contributed by atoms with E-state index in [0.717, 1.165) is 17.9 Å². The lowest BCUT2D eigenvalue weighted by Crippen LogP contribution is -1.97. The molecule has 0 spiro atoms. The summed E-state index contributed by atoms with van der Waals surface area (Å²) in [5.74, 6) is 1.43. The van der Waals surface area contributed by atoms with Crippen molar-refractivity contribution in [3.05, 3.63) is 36.2 Å². The van der Waals surface area contributed by atoms with Gasteiger partial charge in [0.1, 0.15) is 0 Å². The molecule has 2 aromatic rings. The number of methoxy groups -OCH3 is 2. The third-order valence-corrected chi connectivity index (χ3v) is 2.68. The van der Waals surface area contributed by atoms with Gasteiger partial charge in [-0.1, -0.05) is 6.92 Å². The van der Waals surface area contributed by atoms with E-state index >= 15 is 0 Å². The number of hydrogen-bond acceptors (Lipinski definition) is 3. The summed E-state index contributed by atoms with van der Waals surface area (Å²) in [5.41, 5.74) is 2.17. The minimum atomic E-state index is 0.707. The van der Waals surface area contributed by atoms with E-state index < -0.39 is 0 Å². The van der Waals surface area contributed by atoms with Gasteiger partial charge in [-0.05, 0) is 24.1 Å². The maximum atomic E-state index is 5.27. The van der Waals surface area contributed by atoms with E-state index in [1.165, 1.54) is 5.56 Å². The fraction of sp³-hybridized carbons (Fsp3) is 0.308. The number of aryl methyl sites for hydroxylation is 1. The van der Waals surface area contributed by atoms with Crippen molar-refractivity contribution in [1.29, 1.82) is 0 Å². The lowest BCUT2D eigenvalue weighted by Gasteiger charge is -2.09. The first-order chi connectivity index (χ1) is 8.28. The first kappa shape index (κ1) is 11.5. The molecule has 17 heavy (non-hydrogen) atoms. The molecule has 1 heterocycles. The third kappa shape index (κ3) is 2.25. The quantitative estimate of drug-likeness (QED) is 0.812. The number of benzene rings is 1. The number of aromatic nitrogens is 2. The number of rotatable bonds is 4. The predicted molar refractivity (Wildman–Crippen MR) is 66.0 cm³/mol. The molecule has 0 atom stereocenters. The topological polar surface area (TPSA) is 36.3 Å². The molecule has 0 aliphatic heterocycles. The molecule has 0 fully saturated rings. The number of nitrogens with zero attached hydrogens (tertiary/aromatic N) is 2. The lowest BCUT2D eigenvalue weighted by molar-refractivity contribution is 0.354. The molecule has 1 aromatic heterocycles. The van der Waals surface area contributed by atoms with Crippen molar-refractivity contribution in [3.63, 3.8) is 0 Å². The van der Waals surface area contributed by atoms with Crippen LogP contribution in [0.4, 0.5) is 0 Å². The second kappa shape index (κ2) is 4.91. The standard InChI is InChI=1S/C13H16N2O2/c1-4-10-8-14-15(9-10)11-5-6-12(16-2)13(7-11)17-3/h5-9H,4H2,1-3H3. The van der Waals surface area contributed by atoms with Crippen molar-refractivity contribution in [2.45, 2.75) is 13.3 Å². The summed E-state index contributed by atoms with van der Waals surface area (Å²) in [4.78, 5) is 0. The van der Waals surface area contributed by atoms with E-state index in [2.05, 4.69) is 12.0 Å². The maximum Gasteiger partial charge on any atom is 0.162 e. The Hall–Kier alpha value is -1.97. The average molecular weight is 232 g/mol. The first-order valence-corrected chi connectivity index (χ1v) is 5.54. The fourth-order valence-electron chi connectivity index (χ4n) is 1.65. The molecule has 0 N–H and O–H groups in total. The van der Waals surface area contributed by atoms with Crippen molar-refractivity contribution in [3.8, 4) is 17.2 Å². The molecule has 0 amide bonds. The SMILES string of the molecule is CCc1cnn(-c2ccc(OC)c(OC)c2)c1. The molecule has 0 unspecified atom stereocenters. The first-order valence-electron chi connectivity index (χ1n) is 5.54. The van der Waals surface area contributed by atoms with E-state index in [-0.39, 0.29) is 0 Å². The third-order valence-electron chi connectivity index (χ3n) is 2.68. The zero-order valence-corrected chi connectivity index (χ0v) is 10.3. The summed E-state index contributed by atoms with van der Waals surface area (Å²) < 4.78 is 12.3. The van der Waals surface area contributed by atoms with E-state index in [1.54, 1.807) is 14.2 Å². The molecule has 0 aliphatic carbocycles. The molecule has 0 radical (unpaired) electrons. The summed E-state index contributed by atoms with van der Waals surface area (Å²) in [6.07, 6.45) is 4.87. The molecule has 0 bridgehead atoms. The van der Waals surface area contributed by atoms with Crippen LogP contribution >= 0.6 is 0 Å². The van der Waals surface area contributed by atoms with Gasteiger partial charge in [-0.2, -0.15) is 5.10 Å². The Bertz CT molecular complexity index is 506. The maximum absolute atomic E-state index is 5.27. The second-order valence-electron chi connectivity index (χ2n) is 3.69. The van der Waals surface area contributed by atoms with Crippen molar-refractivity contribution in [1.82, 2.24) is 9.78 Å². The van der Waals surface area contributed by atoms with Crippen LogP contribution in [0.15, 0.2) is 30.6 Å². The highest BCUT2D eigenvalue weighted by molar-refractivity contribution is 5.48. The molecule has 2 rings (SSSR count). The van der Waals surface area contributed by atoms with Crippen molar-refractivity contribution in [2.24, 2.45) is 0 Å². The molecular weight excluding hydrogens is 216 g/mol. The van der Waals surface area contributed by atoms with Crippen LogP contribution in [0.5, 0.6) is 11.5 Å². The molecule has 4 nitrogen and oxygen atoms in total. The summed E-state index contributed by atoms with van der Waals surface area (Å²) in [6, 6.07) is 5.74. The Morgan fingerprint density at radius 2 is 1.94 bits per heavy atom. The van der Waals surface area contributed by atoms with Crippen LogP contribution in [-0.4, -0.2) is 24.0 Å². The van der Waals surface area contributed by atoms with Gasteiger partial charge in [0.2, 0.25) is 0 Å². The Morgan fingerprint density at radius 3 is 2.53 bits per heavy atom. The van der Waals surface area contributed by atoms with Gasteiger partial charge in [-0.3, -0.25) is 0 Å². The van der Waals surface area contributed by atoms with Crippen LogP contribution in [0.3, 0.4) is 0 Å². The average Bonchev–Trinajstić information content (AvgIpc) is 2.86. The Balaban J connectivity index is 2.38. The highest BCUT2D eigenvalue weighted by atomic mass is 16.5. The highest BCUT2D eigenvalue weighted by Gasteiger charge is 2.06. The zero-order chi connectivity index (χ0) is 12.3. The summed E-state index contributed by atoms with van der Waals surface area (Å²) in [5, 5.41) is 4.31. The van der Waals surface area contributed by atoms with Crippen LogP contribution in [0.1, 0.15) is 12.5 Å². The Morgan fingerprint density at radius 1 is 1.18 bits per heavy atom. The van der Waals surface area contributed by atoms with Crippen LogP contribution in [0.25, 0.3) is 5.69 Å². The summed E-state index contributed by atoms with van der Waals surface area (Å²) in [6.45, 7) is 2.11. The van der Waals surface area contributed by atoms with E-state index in [9.17, 15) is 0 Å². The van der Waals surface area contributed by atoms with Gasteiger partial charge < -0.3 is 9.47 Å². The molecule has 0 aliphatic rings. The summed E-state index contributed by atoms with van der Waals surface area (Å²) in [7, 11) is 3.25. The van der Waals surface area contributed by atoms with Gasteiger partial charge in [0.15, 0.2) is 11.5 Å². The van der Waals surface area contributed by atoms with Crippen LogP contribution in [-0.2, 0) is 6.42 Å². The fourth-order valence-corrected chi connectivity index (χ4v) is 1.65. The smallest absolute Gasteiger partial charge is 0.162 e. The van der Waals surface area contributed by atoms with Crippen LogP contribution < -0.4 is 9.47 Å². The van der Waals surface area contributed by atoms with E-state index in [4.69, 9.17) is 9.47 Å². The van der Waals surface area contributed by atoms with Gasteiger partial charge in [-0.25, -0.2) is 4.68 Å². The van der Waals surface area contributed by atoms with Gasteiger partial charge in [-0.15, -0.1) is 0 Å². The van der Waals surface area contributed by atoms with Crippen LogP contribution in [0.2, 0.25) is 0 Å². The van der Waals surface area contributed by atoms with Crippen LogP contribution in [0, 0.1) is 0 Å². The molecular formula is C13H16N2O2. The predicted octanol–water partition coefficient (Wildman–Crippen LogP) is 2.45.